The summed E-state index contributed by atoms with van der Waals surface area (Å²) in [5.74, 6) is -0.623. The molecule has 0 saturated heterocycles. The summed E-state index contributed by atoms with van der Waals surface area (Å²) >= 11 is 5.75. The molecule has 8 heteroatoms. The predicted molar refractivity (Wildman–Crippen MR) is 65.6 cm³/mol. The lowest BCUT2D eigenvalue weighted by Crippen LogP contribution is -2.52. The summed E-state index contributed by atoms with van der Waals surface area (Å²) < 4.78 is 0. The Morgan fingerprint density at radius 2 is 2.32 bits per heavy atom. The average molecular weight is 281 g/mol. The third-order valence-corrected chi connectivity index (χ3v) is 3.36. The van der Waals surface area contributed by atoms with Gasteiger partial charge in [0, 0.05) is 6.07 Å². The van der Waals surface area contributed by atoms with Crippen LogP contribution in [0.4, 0.5) is 5.69 Å². The van der Waals surface area contributed by atoms with Crippen molar-refractivity contribution in [1.29, 1.82) is 5.26 Å². The largest absolute Gasteiger partial charge is 0.334 e. The van der Waals surface area contributed by atoms with Crippen molar-refractivity contribution in [3.05, 3.63) is 33.1 Å². The van der Waals surface area contributed by atoms with Gasteiger partial charge in [-0.05, 0) is 19.3 Å². The van der Waals surface area contributed by atoms with Crippen LogP contribution in [-0.2, 0) is 0 Å². The van der Waals surface area contributed by atoms with Gasteiger partial charge in [0.15, 0.2) is 0 Å². The number of nitrogens with one attached hydrogen (secondary N) is 1. The van der Waals surface area contributed by atoms with E-state index in [9.17, 15) is 14.9 Å². The molecule has 1 heterocycles. The molecule has 1 amide bonds. The van der Waals surface area contributed by atoms with Crippen LogP contribution in [0.3, 0.4) is 0 Å². The second-order valence-electron chi connectivity index (χ2n) is 4.29. The van der Waals surface area contributed by atoms with Crippen LogP contribution in [0.2, 0.25) is 5.15 Å². The van der Waals surface area contributed by atoms with Gasteiger partial charge in [-0.25, -0.2) is 4.98 Å². The topological polar surface area (TPSA) is 109 Å². The van der Waals surface area contributed by atoms with Crippen molar-refractivity contribution in [3.8, 4) is 6.07 Å². The van der Waals surface area contributed by atoms with E-state index < -0.39 is 16.4 Å². The molecule has 0 atom stereocenters. The number of amides is 1. The van der Waals surface area contributed by atoms with Gasteiger partial charge in [-0.2, -0.15) is 5.26 Å². The maximum Gasteiger partial charge on any atom is 0.288 e. The fourth-order valence-electron chi connectivity index (χ4n) is 1.78. The quantitative estimate of drug-likeness (QED) is 0.516. The zero-order chi connectivity index (χ0) is 14.0. The van der Waals surface area contributed by atoms with E-state index in [1.807, 2.05) is 6.07 Å². The van der Waals surface area contributed by atoms with Crippen LogP contribution in [0.15, 0.2) is 12.3 Å². The summed E-state index contributed by atoms with van der Waals surface area (Å²) in [6.07, 6.45) is 2.96. The summed E-state index contributed by atoms with van der Waals surface area (Å²) in [6, 6.07) is 3.09. The maximum atomic E-state index is 12.0. The minimum Gasteiger partial charge on any atom is -0.334 e. The minimum atomic E-state index is -0.884. The smallest absolute Gasteiger partial charge is 0.288 e. The number of nitro groups is 1. The zero-order valence-corrected chi connectivity index (χ0v) is 10.5. The van der Waals surface area contributed by atoms with E-state index in [0.29, 0.717) is 12.8 Å². The van der Waals surface area contributed by atoms with Crippen molar-refractivity contribution in [1.82, 2.24) is 10.3 Å². The normalized spacial score (nSPS) is 16.0. The molecule has 1 aliphatic carbocycles. The lowest BCUT2D eigenvalue weighted by molar-refractivity contribution is -0.385. The van der Waals surface area contributed by atoms with Crippen molar-refractivity contribution in [2.45, 2.75) is 24.8 Å². The first-order valence-corrected chi connectivity index (χ1v) is 5.89. The van der Waals surface area contributed by atoms with E-state index in [1.165, 1.54) is 0 Å². The zero-order valence-electron chi connectivity index (χ0n) is 9.72. The first-order valence-electron chi connectivity index (χ1n) is 5.51. The third kappa shape index (κ3) is 2.48. The van der Waals surface area contributed by atoms with E-state index in [-0.39, 0.29) is 16.4 Å². The number of nitriles is 1. The van der Waals surface area contributed by atoms with Crippen LogP contribution in [0.25, 0.3) is 0 Å². The molecule has 0 radical (unpaired) electrons. The SMILES string of the molecule is N#CC1(NC(=O)c2cc([N+](=O)[O-])cnc2Cl)CCC1. The van der Waals surface area contributed by atoms with Gasteiger partial charge in [0.2, 0.25) is 0 Å². The number of rotatable bonds is 3. The maximum absolute atomic E-state index is 12.0. The summed E-state index contributed by atoms with van der Waals surface area (Å²) in [7, 11) is 0. The molecule has 0 aromatic carbocycles. The third-order valence-electron chi connectivity index (χ3n) is 3.05. The molecule has 1 aromatic rings. The Morgan fingerprint density at radius 1 is 1.63 bits per heavy atom. The number of halogens is 1. The molecule has 0 spiro atoms. The summed E-state index contributed by atoms with van der Waals surface area (Å²) in [5.41, 5.74) is -1.31. The van der Waals surface area contributed by atoms with E-state index in [0.717, 1.165) is 18.7 Å². The van der Waals surface area contributed by atoms with Gasteiger partial charge in [-0.3, -0.25) is 14.9 Å². The fraction of sp³-hybridized carbons (Fsp3) is 0.364. The highest BCUT2D eigenvalue weighted by atomic mass is 35.5. The van der Waals surface area contributed by atoms with Crippen molar-refractivity contribution >= 4 is 23.2 Å². The highest BCUT2D eigenvalue weighted by molar-refractivity contribution is 6.32. The molecule has 1 N–H and O–H groups in total. The Morgan fingerprint density at radius 3 is 2.79 bits per heavy atom. The van der Waals surface area contributed by atoms with Crippen LogP contribution >= 0.6 is 11.6 Å². The molecule has 1 fully saturated rings. The molecule has 0 aliphatic heterocycles. The lowest BCUT2D eigenvalue weighted by atomic mass is 9.78. The van der Waals surface area contributed by atoms with Gasteiger partial charge in [-0.15, -0.1) is 0 Å². The summed E-state index contributed by atoms with van der Waals surface area (Å²) in [4.78, 5) is 25.6. The lowest BCUT2D eigenvalue weighted by Gasteiger charge is -2.35. The average Bonchev–Trinajstić information content (AvgIpc) is 2.33. The van der Waals surface area contributed by atoms with Gasteiger partial charge >= 0.3 is 0 Å². The highest BCUT2D eigenvalue weighted by Gasteiger charge is 2.39. The number of carbonyl (C=O) groups excluding carboxylic acids is 1. The van der Waals surface area contributed by atoms with Gasteiger partial charge in [0.05, 0.1) is 16.6 Å². The molecular formula is C11H9ClN4O3. The Balaban J connectivity index is 2.26. The summed E-state index contributed by atoms with van der Waals surface area (Å²) in [5, 5.41) is 22.1. The highest BCUT2D eigenvalue weighted by Crippen LogP contribution is 2.31. The number of hydrogen-bond donors (Lipinski definition) is 1. The second kappa shape index (κ2) is 4.82. The molecule has 0 unspecified atom stereocenters. The first kappa shape index (κ1) is 13.2. The molecular weight excluding hydrogens is 272 g/mol. The Bertz CT molecular complexity index is 592. The van der Waals surface area contributed by atoms with Crippen LogP contribution in [0.1, 0.15) is 29.6 Å². The Hall–Kier alpha value is -2.20. The van der Waals surface area contributed by atoms with Gasteiger partial charge in [0.25, 0.3) is 11.6 Å². The monoisotopic (exact) mass is 280 g/mol. The molecule has 2 rings (SSSR count). The molecule has 1 saturated carbocycles. The molecule has 1 aromatic heterocycles. The number of nitrogens with zero attached hydrogens (tertiary/aromatic N) is 3. The van der Waals surface area contributed by atoms with E-state index in [2.05, 4.69) is 10.3 Å². The first-order chi connectivity index (χ1) is 8.97. The summed E-state index contributed by atoms with van der Waals surface area (Å²) in [6.45, 7) is 0. The Kier molecular flexibility index (Phi) is 3.36. The minimum absolute atomic E-state index is 0.0996. The number of carbonyl (C=O) groups is 1. The van der Waals surface area contributed by atoms with Gasteiger partial charge in [0.1, 0.15) is 16.9 Å². The van der Waals surface area contributed by atoms with Crippen LogP contribution in [0, 0.1) is 21.4 Å². The molecule has 19 heavy (non-hydrogen) atoms. The number of pyridine rings is 1. The molecule has 98 valence electrons. The van der Waals surface area contributed by atoms with E-state index >= 15 is 0 Å². The molecule has 7 nitrogen and oxygen atoms in total. The van der Waals surface area contributed by atoms with Crippen molar-refractivity contribution in [2.75, 3.05) is 0 Å². The predicted octanol–water partition coefficient (Wildman–Crippen LogP) is 1.82. The number of aromatic nitrogens is 1. The second-order valence-corrected chi connectivity index (χ2v) is 4.65. The van der Waals surface area contributed by atoms with Crippen LogP contribution < -0.4 is 5.32 Å². The molecule has 1 aliphatic rings. The van der Waals surface area contributed by atoms with E-state index in [1.54, 1.807) is 0 Å². The van der Waals surface area contributed by atoms with Crippen molar-refractivity contribution in [3.63, 3.8) is 0 Å². The van der Waals surface area contributed by atoms with E-state index in [4.69, 9.17) is 16.9 Å². The van der Waals surface area contributed by atoms with Crippen LogP contribution in [-0.4, -0.2) is 21.4 Å². The van der Waals surface area contributed by atoms with Gasteiger partial charge in [-0.1, -0.05) is 11.6 Å². The van der Waals surface area contributed by atoms with Crippen molar-refractivity contribution < 1.29 is 9.72 Å². The van der Waals surface area contributed by atoms with Gasteiger partial charge < -0.3 is 5.32 Å². The fourth-order valence-corrected chi connectivity index (χ4v) is 1.97. The number of hydrogen-bond acceptors (Lipinski definition) is 5. The Labute approximate surface area is 113 Å². The van der Waals surface area contributed by atoms with Crippen molar-refractivity contribution in [2.24, 2.45) is 0 Å². The molecule has 0 bridgehead atoms. The standard InChI is InChI=1S/C11H9ClN4O3/c12-9-8(4-7(5-14-9)16(18)19)10(17)15-11(6-13)2-1-3-11/h4-5H,1-3H2,(H,15,17). The van der Waals surface area contributed by atoms with Crippen LogP contribution in [0.5, 0.6) is 0 Å².